The fourth-order valence-electron chi connectivity index (χ4n) is 1.99. The first-order valence-corrected chi connectivity index (χ1v) is 6.02. The third kappa shape index (κ3) is 2.14. The SMILES string of the molecule is c1ccc(N2CCOCC2)c(OC2CC2)c1. The van der Waals surface area contributed by atoms with Crippen LogP contribution < -0.4 is 9.64 Å². The van der Waals surface area contributed by atoms with Crippen LogP contribution in [0, 0.1) is 0 Å². The lowest BCUT2D eigenvalue weighted by molar-refractivity contribution is 0.122. The summed E-state index contributed by atoms with van der Waals surface area (Å²) in [7, 11) is 0. The molecule has 3 nitrogen and oxygen atoms in total. The minimum absolute atomic E-state index is 0.460. The standard InChI is InChI=1S/C13H17NO2/c1-2-4-13(16-11-5-6-11)12(3-1)14-7-9-15-10-8-14/h1-4,11H,5-10H2. The van der Waals surface area contributed by atoms with Crippen LogP contribution in [-0.2, 0) is 4.74 Å². The van der Waals surface area contributed by atoms with Crippen molar-refractivity contribution in [3.63, 3.8) is 0 Å². The molecule has 1 aliphatic carbocycles. The molecule has 2 fully saturated rings. The molecule has 0 atom stereocenters. The van der Waals surface area contributed by atoms with Crippen molar-refractivity contribution in [3.8, 4) is 5.75 Å². The van der Waals surface area contributed by atoms with Gasteiger partial charge < -0.3 is 14.4 Å². The first-order valence-electron chi connectivity index (χ1n) is 6.02. The summed E-state index contributed by atoms with van der Waals surface area (Å²) < 4.78 is 11.3. The Kier molecular flexibility index (Phi) is 2.70. The molecule has 16 heavy (non-hydrogen) atoms. The zero-order valence-corrected chi connectivity index (χ0v) is 9.39. The minimum atomic E-state index is 0.460. The van der Waals surface area contributed by atoms with Crippen molar-refractivity contribution in [2.24, 2.45) is 0 Å². The van der Waals surface area contributed by atoms with Crippen molar-refractivity contribution >= 4 is 5.69 Å². The Labute approximate surface area is 96.0 Å². The van der Waals surface area contributed by atoms with Crippen molar-refractivity contribution < 1.29 is 9.47 Å². The highest BCUT2D eigenvalue weighted by Crippen LogP contribution is 2.34. The van der Waals surface area contributed by atoms with Gasteiger partial charge >= 0.3 is 0 Å². The van der Waals surface area contributed by atoms with E-state index in [1.165, 1.54) is 18.5 Å². The van der Waals surface area contributed by atoms with E-state index < -0.39 is 0 Å². The number of nitrogens with zero attached hydrogens (tertiary/aromatic N) is 1. The molecule has 3 heteroatoms. The quantitative estimate of drug-likeness (QED) is 0.776. The molecular weight excluding hydrogens is 202 g/mol. The van der Waals surface area contributed by atoms with Gasteiger partial charge in [-0.05, 0) is 25.0 Å². The van der Waals surface area contributed by atoms with Crippen LogP contribution in [0.25, 0.3) is 0 Å². The van der Waals surface area contributed by atoms with E-state index in [2.05, 4.69) is 23.1 Å². The lowest BCUT2D eigenvalue weighted by atomic mass is 10.2. The van der Waals surface area contributed by atoms with Crippen molar-refractivity contribution in [3.05, 3.63) is 24.3 Å². The van der Waals surface area contributed by atoms with Crippen LogP contribution >= 0.6 is 0 Å². The molecule has 0 radical (unpaired) electrons. The van der Waals surface area contributed by atoms with E-state index in [1.54, 1.807) is 0 Å². The lowest BCUT2D eigenvalue weighted by Gasteiger charge is -2.30. The third-order valence-electron chi connectivity index (χ3n) is 3.04. The molecule has 1 saturated heterocycles. The number of rotatable bonds is 3. The fraction of sp³-hybridized carbons (Fsp3) is 0.538. The van der Waals surface area contributed by atoms with E-state index in [1.807, 2.05) is 6.07 Å². The normalized spacial score (nSPS) is 20.9. The van der Waals surface area contributed by atoms with Crippen LogP contribution in [0.4, 0.5) is 5.69 Å². The van der Waals surface area contributed by atoms with Crippen LogP contribution in [0.3, 0.4) is 0 Å². The Morgan fingerprint density at radius 1 is 1.12 bits per heavy atom. The summed E-state index contributed by atoms with van der Waals surface area (Å²) in [6.45, 7) is 3.56. The number of hydrogen-bond acceptors (Lipinski definition) is 3. The molecule has 0 spiro atoms. The molecule has 1 saturated carbocycles. The predicted molar refractivity (Wildman–Crippen MR) is 63.1 cm³/mol. The van der Waals surface area contributed by atoms with Gasteiger partial charge in [-0.3, -0.25) is 0 Å². The smallest absolute Gasteiger partial charge is 0.143 e. The summed E-state index contributed by atoms with van der Waals surface area (Å²) >= 11 is 0. The van der Waals surface area contributed by atoms with Gasteiger partial charge in [-0.2, -0.15) is 0 Å². The first-order chi connectivity index (χ1) is 7.93. The topological polar surface area (TPSA) is 21.7 Å². The van der Waals surface area contributed by atoms with Crippen LogP contribution in [-0.4, -0.2) is 32.4 Å². The summed E-state index contributed by atoms with van der Waals surface area (Å²) in [4.78, 5) is 2.35. The largest absolute Gasteiger partial charge is 0.488 e. The van der Waals surface area contributed by atoms with Gasteiger partial charge in [0.1, 0.15) is 5.75 Å². The molecule has 86 valence electrons. The van der Waals surface area contributed by atoms with Crippen molar-refractivity contribution in [1.29, 1.82) is 0 Å². The van der Waals surface area contributed by atoms with Gasteiger partial charge in [0.05, 0.1) is 25.0 Å². The number of benzene rings is 1. The molecule has 0 bridgehead atoms. The highest BCUT2D eigenvalue weighted by Gasteiger charge is 2.25. The first kappa shape index (κ1) is 9.97. The number of hydrogen-bond donors (Lipinski definition) is 0. The maximum atomic E-state index is 5.93. The van der Waals surface area contributed by atoms with Gasteiger partial charge in [-0.25, -0.2) is 0 Å². The van der Waals surface area contributed by atoms with Gasteiger partial charge in [0.15, 0.2) is 0 Å². The molecule has 0 amide bonds. The number of ether oxygens (including phenoxy) is 2. The van der Waals surface area contributed by atoms with E-state index in [-0.39, 0.29) is 0 Å². The zero-order chi connectivity index (χ0) is 10.8. The molecule has 1 aromatic rings. The molecule has 3 rings (SSSR count). The maximum absolute atomic E-state index is 5.93. The molecule has 0 aromatic heterocycles. The van der Waals surface area contributed by atoms with Crippen molar-refractivity contribution in [2.75, 3.05) is 31.2 Å². The molecule has 0 N–H and O–H groups in total. The number of morpholine rings is 1. The van der Waals surface area contributed by atoms with Crippen LogP contribution in [0.15, 0.2) is 24.3 Å². The van der Waals surface area contributed by atoms with Crippen LogP contribution in [0.5, 0.6) is 5.75 Å². The zero-order valence-electron chi connectivity index (χ0n) is 9.39. The van der Waals surface area contributed by atoms with E-state index >= 15 is 0 Å². The third-order valence-corrected chi connectivity index (χ3v) is 3.04. The minimum Gasteiger partial charge on any atom is -0.488 e. The highest BCUT2D eigenvalue weighted by atomic mass is 16.5. The van der Waals surface area contributed by atoms with E-state index in [9.17, 15) is 0 Å². The summed E-state index contributed by atoms with van der Waals surface area (Å²) in [5.41, 5.74) is 1.22. The second kappa shape index (κ2) is 4.34. The molecule has 0 unspecified atom stereocenters. The summed E-state index contributed by atoms with van der Waals surface area (Å²) in [5.74, 6) is 1.03. The highest BCUT2D eigenvalue weighted by molar-refractivity contribution is 5.58. The number of anilines is 1. The van der Waals surface area contributed by atoms with Gasteiger partial charge in [-0.1, -0.05) is 12.1 Å². The maximum Gasteiger partial charge on any atom is 0.143 e. The molecular formula is C13H17NO2. The number of para-hydroxylation sites is 2. The summed E-state index contributed by atoms with van der Waals surface area (Å²) in [6.07, 6.45) is 2.87. The van der Waals surface area contributed by atoms with Crippen molar-refractivity contribution in [1.82, 2.24) is 0 Å². The van der Waals surface area contributed by atoms with Gasteiger partial charge in [-0.15, -0.1) is 0 Å². The fourth-order valence-corrected chi connectivity index (χ4v) is 1.99. The monoisotopic (exact) mass is 219 g/mol. The Hall–Kier alpha value is -1.22. The molecule has 1 aromatic carbocycles. The average molecular weight is 219 g/mol. The van der Waals surface area contributed by atoms with E-state index in [0.29, 0.717) is 6.10 Å². The Morgan fingerprint density at radius 2 is 1.88 bits per heavy atom. The van der Waals surface area contributed by atoms with Gasteiger partial charge in [0.2, 0.25) is 0 Å². The second-order valence-electron chi connectivity index (χ2n) is 4.38. The average Bonchev–Trinajstić information content (AvgIpc) is 3.15. The summed E-state index contributed by atoms with van der Waals surface area (Å²) in [5, 5.41) is 0. The predicted octanol–water partition coefficient (Wildman–Crippen LogP) is 2.06. The van der Waals surface area contributed by atoms with E-state index in [4.69, 9.17) is 9.47 Å². The van der Waals surface area contributed by atoms with Gasteiger partial charge in [0.25, 0.3) is 0 Å². The molecule has 1 heterocycles. The Morgan fingerprint density at radius 3 is 2.62 bits per heavy atom. The second-order valence-corrected chi connectivity index (χ2v) is 4.38. The van der Waals surface area contributed by atoms with E-state index in [0.717, 1.165) is 32.1 Å². The van der Waals surface area contributed by atoms with Crippen LogP contribution in [0.2, 0.25) is 0 Å². The van der Waals surface area contributed by atoms with Gasteiger partial charge in [0, 0.05) is 13.1 Å². The van der Waals surface area contributed by atoms with Crippen LogP contribution in [0.1, 0.15) is 12.8 Å². The summed E-state index contributed by atoms with van der Waals surface area (Å²) in [6, 6.07) is 8.33. The lowest BCUT2D eigenvalue weighted by Crippen LogP contribution is -2.36. The Bertz CT molecular complexity index is 357. The molecule has 2 aliphatic rings. The van der Waals surface area contributed by atoms with Crippen molar-refractivity contribution in [2.45, 2.75) is 18.9 Å². The molecule has 1 aliphatic heterocycles. The Balaban J connectivity index is 1.79.